The molecule has 1 aromatic carbocycles. The van der Waals surface area contributed by atoms with Crippen LogP contribution in [-0.2, 0) is 6.61 Å². The molecular formula is C18H21N3O4. The minimum absolute atomic E-state index is 0.313. The van der Waals surface area contributed by atoms with Crippen molar-refractivity contribution in [3.63, 3.8) is 0 Å². The smallest absolute Gasteiger partial charge is 0.224 e. The van der Waals surface area contributed by atoms with E-state index in [0.29, 0.717) is 29.7 Å². The van der Waals surface area contributed by atoms with E-state index in [-0.39, 0.29) is 0 Å². The molecule has 1 aliphatic rings. The van der Waals surface area contributed by atoms with Crippen molar-refractivity contribution in [2.45, 2.75) is 6.61 Å². The van der Waals surface area contributed by atoms with E-state index in [2.05, 4.69) is 15.3 Å². The van der Waals surface area contributed by atoms with Crippen LogP contribution in [0.5, 0.6) is 23.1 Å². The summed E-state index contributed by atoms with van der Waals surface area (Å²) >= 11 is 0. The van der Waals surface area contributed by atoms with Crippen molar-refractivity contribution in [1.82, 2.24) is 10.3 Å². The molecule has 0 fully saturated rings. The van der Waals surface area contributed by atoms with E-state index in [9.17, 15) is 0 Å². The van der Waals surface area contributed by atoms with Crippen molar-refractivity contribution in [3.05, 3.63) is 41.6 Å². The Bertz CT molecular complexity index is 752. The number of hydrogen-bond acceptors (Lipinski definition) is 7. The van der Waals surface area contributed by atoms with Gasteiger partial charge in [0.25, 0.3) is 0 Å². The third-order valence-electron chi connectivity index (χ3n) is 3.80. The lowest BCUT2D eigenvalue weighted by atomic mass is 10.2. The number of methoxy groups -OCH3 is 3. The van der Waals surface area contributed by atoms with Crippen LogP contribution in [0.15, 0.2) is 35.5 Å². The summed E-state index contributed by atoms with van der Waals surface area (Å²) in [6.45, 7) is 1.90. The Hall–Kier alpha value is -2.96. The summed E-state index contributed by atoms with van der Waals surface area (Å²) in [6.07, 6.45) is 1.70. The molecule has 0 atom stereocenters. The van der Waals surface area contributed by atoms with E-state index in [1.165, 1.54) is 0 Å². The monoisotopic (exact) mass is 343 g/mol. The largest absolute Gasteiger partial charge is 0.493 e. The van der Waals surface area contributed by atoms with Gasteiger partial charge >= 0.3 is 0 Å². The first-order valence-electron chi connectivity index (χ1n) is 7.92. The van der Waals surface area contributed by atoms with Crippen LogP contribution in [-0.4, -0.2) is 45.2 Å². The van der Waals surface area contributed by atoms with Gasteiger partial charge in [-0.25, -0.2) is 4.98 Å². The second-order valence-corrected chi connectivity index (χ2v) is 5.34. The number of ether oxygens (including phenoxy) is 4. The fourth-order valence-electron chi connectivity index (χ4n) is 2.63. The van der Waals surface area contributed by atoms with Gasteiger partial charge in [-0.15, -0.1) is 0 Å². The second-order valence-electron chi connectivity index (χ2n) is 5.34. The topological polar surface area (TPSA) is 74.2 Å². The third-order valence-corrected chi connectivity index (χ3v) is 3.80. The van der Waals surface area contributed by atoms with Gasteiger partial charge in [0.1, 0.15) is 12.4 Å². The van der Waals surface area contributed by atoms with Crippen molar-refractivity contribution < 1.29 is 18.9 Å². The maximum absolute atomic E-state index is 5.92. The van der Waals surface area contributed by atoms with Crippen LogP contribution in [0.3, 0.4) is 0 Å². The summed E-state index contributed by atoms with van der Waals surface area (Å²) in [7, 11) is 4.75. The highest BCUT2D eigenvalue weighted by atomic mass is 16.5. The Labute approximate surface area is 146 Å². The van der Waals surface area contributed by atoms with Crippen LogP contribution in [0.25, 0.3) is 0 Å². The molecule has 132 valence electrons. The zero-order valence-electron chi connectivity index (χ0n) is 14.5. The first kappa shape index (κ1) is 16.9. The molecule has 0 spiro atoms. The molecule has 0 bridgehead atoms. The van der Waals surface area contributed by atoms with Gasteiger partial charge in [0.05, 0.1) is 33.4 Å². The standard InChI is InChI=1S/C18H21N3O4/c1-22-14-9-12(10-15(23-2)16(14)24-3)11-25-18-13(5-4-6-21-18)17-19-7-8-20-17/h4-6,9-10H,7-8,11H2,1-3H3,(H,19,20). The molecule has 1 aliphatic heterocycles. The summed E-state index contributed by atoms with van der Waals surface area (Å²) < 4.78 is 22.0. The van der Waals surface area contributed by atoms with E-state index >= 15 is 0 Å². The van der Waals surface area contributed by atoms with Gasteiger partial charge in [-0.05, 0) is 29.8 Å². The lowest BCUT2D eigenvalue weighted by Crippen LogP contribution is -2.20. The number of rotatable bonds is 7. The molecule has 0 saturated heterocycles. The molecule has 1 N–H and O–H groups in total. The van der Waals surface area contributed by atoms with E-state index in [1.54, 1.807) is 27.5 Å². The van der Waals surface area contributed by atoms with Crippen LogP contribution in [0, 0.1) is 0 Å². The molecule has 1 aromatic heterocycles. The van der Waals surface area contributed by atoms with Gasteiger partial charge in [-0.2, -0.15) is 0 Å². The van der Waals surface area contributed by atoms with E-state index in [1.807, 2.05) is 24.3 Å². The van der Waals surface area contributed by atoms with Crippen molar-refractivity contribution in [2.24, 2.45) is 4.99 Å². The SMILES string of the molecule is COc1cc(COc2ncccc2C2=NCCN2)cc(OC)c1OC. The normalized spacial score (nSPS) is 13.0. The highest BCUT2D eigenvalue weighted by molar-refractivity contribution is 6.01. The van der Waals surface area contributed by atoms with Crippen molar-refractivity contribution in [1.29, 1.82) is 0 Å². The fourth-order valence-corrected chi connectivity index (χ4v) is 2.63. The molecule has 7 nitrogen and oxygen atoms in total. The quantitative estimate of drug-likeness (QED) is 0.829. The van der Waals surface area contributed by atoms with Gasteiger partial charge in [-0.1, -0.05) is 0 Å². The van der Waals surface area contributed by atoms with Crippen LogP contribution < -0.4 is 24.3 Å². The zero-order valence-corrected chi connectivity index (χ0v) is 14.5. The highest BCUT2D eigenvalue weighted by Gasteiger charge is 2.16. The number of pyridine rings is 1. The van der Waals surface area contributed by atoms with E-state index in [0.717, 1.165) is 30.1 Å². The summed E-state index contributed by atoms with van der Waals surface area (Å²) in [4.78, 5) is 8.76. The van der Waals surface area contributed by atoms with Crippen LogP contribution in [0.4, 0.5) is 0 Å². The maximum atomic E-state index is 5.92. The van der Waals surface area contributed by atoms with Crippen molar-refractivity contribution in [3.8, 4) is 23.1 Å². The number of nitrogens with zero attached hydrogens (tertiary/aromatic N) is 2. The predicted molar refractivity (Wildman–Crippen MR) is 94.1 cm³/mol. The Morgan fingerprint density at radius 3 is 2.44 bits per heavy atom. The molecule has 0 amide bonds. The van der Waals surface area contributed by atoms with Gasteiger partial charge in [-0.3, -0.25) is 4.99 Å². The van der Waals surface area contributed by atoms with Crippen molar-refractivity contribution >= 4 is 5.84 Å². The lowest BCUT2D eigenvalue weighted by molar-refractivity contribution is 0.288. The van der Waals surface area contributed by atoms with Crippen LogP contribution in [0.2, 0.25) is 0 Å². The molecular weight excluding hydrogens is 322 g/mol. The van der Waals surface area contributed by atoms with Gasteiger partial charge in [0, 0.05) is 12.7 Å². The molecule has 0 aliphatic carbocycles. The maximum Gasteiger partial charge on any atom is 0.224 e. The number of amidine groups is 1. The third kappa shape index (κ3) is 3.60. The molecule has 0 saturated carbocycles. The average Bonchev–Trinajstić information content (AvgIpc) is 3.20. The molecule has 0 unspecified atom stereocenters. The average molecular weight is 343 g/mol. The first-order valence-corrected chi connectivity index (χ1v) is 7.92. The summed E-state index contributed by atoms with van der Waals surface area (Å²) in [5.74, 6) is 3.07. The Morgan fingerprint density at radius 2 is 1.84 bits per heavy atom. The second kappa shape index (κ2) is 7.74. The Balaban J connectivity index is 1.83. The predicted octanol–water partition coefficient (Wildman–Crippen LogP) is 2.04. The highest BCUT2D eigenvalue weighted by Crippen LogP contribution is 2.38. The van der Waals surface area contributed by atoms with Gasteiger partial charge in [0.2, 0.25) is 11.6 Å². The van der Waals surface area contributed by atoms with Crippen LogP contribution in [0.1, 0.15) is 11.1 Å². The molecule has 2 aromatic rings. The zero-order chi connectivity index (χ0) is 17.6. The fraction of sp³-hybridized carbons (Fsp3) is 0.333. The van der Waals surface area contributed by atoms with E-state index in [4.69, 9.17) is 18.9 Å². The molecule has 2 heterocycles. The van der Waals surface area contributed by atoms with E-state index < -0.39 is 0 Å². The minimum atomic E-state index is 0.313. The summed E-state index contributed by atoms with van der Waals surface area (Å²) in [5, 5.41) is 3.24. The number of aromatic nitrogens is 1. The summed E-state index contributed by atoms with van der Waals surface area (Å²) in [6, 6.07) is 7.52. The molecule has 0 radical (unpaired) electrons. The molecule has 3 rings (SSSR count). The molecule has 7 heteroatoms. The Morgan fingerprint density at radius 1 is 1.08 bits per heavy atom. The van der Waals surface area contributed by atoms with Gasteiger partial charge < -0.3 is 24.3 Å². The Kier molecular flexibility index (Phi) is 5.23. The first-order chi connectivity index (χ1) is 12.3. The number of aliphatic imine (C=N–C) groups is 1. The minimum Gasteiger partial charge on any atom is -0.493 e. The summed E-state index contributed by atoms with van der Waals surface area (Å²) in [5.41, 5.74) is 1.74. The van der Waals surface area contributed by atoms with Crippen LogP contribution >= 0.6 is 0 Å². The number of benzene rings is 1. The molecule has 25 heavy (non-hydrogen) atoms. The van der Waals surface area contributed by atoms with Gasteiger partial charge in [0.15, 0.2) is 11.5 Å². The number of hydrogen-bond donors (Lipinski definition) is 1. The lowest BCUT2D eigenvalue weighted by Gasteiger charge is -2.15. The number of nitrogens with one attached hydrogen (secondary N) is 1. The van der Waals surface area contributed by atoms with Crippen molar-refractivity contribution in [2.75, 3.05) is 34.4 Å².